The zero-order valence-electron chi connectivity index (χ0n) is 23.3. The third kappa shape index (κ3) is 15.0. The van der Waals surface area contributed by atoms with E-state index in [2.05, 4.69) is 31.8 Å². The van der Waals surface area contributed by atoms with Gasteiger partial charge in [0.1, 0.15) is 0 Å². The number of benzene rings is 2. The number of aryl methyl sites for hydroxylation is 1. The zero-order valence-corrected chi connectivity index (χ0v) is 25.1. The third-order valence-corrected chi connectivity index (χ3v) is 4.23. The largest absolute Gasteiger partial charge is 0.366 e. The van der Waals surface area contributed by atoms with E-state index >= 15 is 0 Å². The first-order valence-electron chi connectivity index (χ1n) is 11.8. The first-order valence-corrected chi connectivity index (χ1v) is 13.2. The van der Waals surface area contributed by atoms with Crippen molar-refractivity contribution >= 4 is 41.9 Å². The second kappa shape index (κ2) is 24.7. The second-order valence-electron chi connectivity index (χ2n) is 6.42. The Morgan fingerprint density at radius 2 is 1.51 bits per heavy atom. The van der Waals surface area contributed by atoms with Crippen molar-refractivity contribution in [1.82, 2.24) is 4.57 Å². The van der Waals surface area contributed by atoms with Crippen LogP contribution in [-0.2, 0) is 0 Å². The molecule has 7 heteroatoms. The minimum atomic E-state index is -0.500. The summed E-state index contributed by atoms with van der Waals surface area (Å²) in [6, 6.07) is 14.4. The number of carbonyl (C=O) groups is 1. The van der Waals surface area contributed by atoms with Gasteiger partial charge in [0.05, 0.1) is 7.18 Å². The van der Waals surface area contributed by atoms with E-state index in [0.29, 0.717) is 23.5 Å². The fourth-order valence-corrected chi connectivity index (χ4v) is 2.67. The summed E-state index contributed by atoms with van der Waals surface area (Å²) in [5, 5.41) is 1.27. The number of halogens is 1. The van der Waals surface area contributed by atoms with E-state index in [1.807, 2.05) is 90.1 Å². The lowest BCUT2D eigenvalue weighted by Gasteiger charge is -2.08. The van der Waals surface area contributed by atoms with Gasteiger partial charge in [-0.25, -0.2) is 0 Å². The number of rotatable bonds is 4. The summed E-state index contributed by atoms with van der Waals surface area (Å²) in [4.78, 5) is 24.7. The number of carbonyl (C=O) groups excluding carboxylic acids is 1. The quantitative estimate of drug-likeness (QED) is 0.228. The molecule has 0 spiro atoms. The number of hydrogen-bond acceptors (Lipinski definition) is 4. The molecule has 204 valence electrons. The molecule has 0 aliphatic rings. The Kier molecular flexibility index (Phi) is 25.7. The molecule has 0 bridgehead atoms. The van der Waals surface area contributed by atoms with Crippen LogP contribution >= 0.6 is 25.3 Å². The Bertz CT molecular complexity index is 1150. The molecule has 37 heavy (non-hydrogen) atoms. The lowest BCUT2D eigenvalue weighted by Crippen LogP contribution is -2.18. The standard InChI is InChI=1S/C17H14N2O2.C7H10S.2C2H6.CH3F.CH4S/c1-11-2-5-14(6-3-11)19-9-8-12-10-13(16(18)20)4-7-15(12)17(19)21;1-3-4-5-6-7(2)8;4*1-2/h2-10H,1H3,(H2,18,20);3-6,8H,1H2,2H3;2*1-2H3;1H3;2H,1H3/b;5-4+,7-6-;;;;. The molecule has 0 saturated carbocycles. The van der Waals surface area contributed by atoms with Crippen LogP contribution in [0.15, 0.2) is 95.3 Å². The summed E-state index contributed by atoms with van der Waals surface area (Å²) < 4.78 is 11.1. The smallest absolute Gasteiger partial charge is 0.262 e. The molecule has 2 aromatic carbocycles. The van der Waals surface area contributed by atoms with Gasteiger partial charge >= 0.3 is 0 Å². The molecule has 0 unspecified atom stereocenters. The molecule has 0 atom stereocenters. The van der Waals surface area contributed by atoms with E-state index in [1.54, 1.807) is 41.3 Å². The molecular weight excluding hydrogens is 503 g/mol. The topological polar surface area (TPSA) is 65.1 Å². The van der Waals surface area contributed by atoms with E-state index in [4.69, 9.17) is 5.73 Å². The Morgan fingerprint density at radius 3 is 1.97 bits per heavy atom. The van der Waals surface area contributed by atoms with Crippen molar-refractivity contribution in [2.75, 3.05) is 13.4 Å². The number of amides is 1. The maximum absolute atomic E-state index is 12.5. The Balaban J connectivity index is -0.000000610. The SMILES string of the molecule is C=C/C=C/C=C(/C)S.CC.CC.CF.CS.Cc1ccc(-n2ccc3cc(C(N)=O)ccc3c2=O)cc1. The average Bonchev–Trinajstić information content (AvgIpc) is 2.94. The van der Waals surface area contributed by atoms with E-state index in [9.17, 15) is 14.0 Å². The van der Waals surface area contributed by atoms with Crippen molar-refractivity contribution in [2.45, 2.75) is 41.5 Å². The Hall–Kier alpha value is -3.03. The number of allylic oxidation sites excluding steroid dienone is 5. The Labute approximate surface area is 233 Å². The molecule has 0 saturated heterocycles. The van der Waals surface area contributed by atoms with Gasteiger partial charge in [-0.3, -0.25) is 18.5 Å². The molecule has 0 aliphatic carbocycles. The molecular formula is C30H43FN2O2S2. The fraction of sp³-hybridized carbons (Fsp3) is 0.267. The van der Waals surface area contributed by atoms with Crippen LogP contribution in [0.4, 0.5) is 4.39 Å². The van der Waals surface area contributed by atoms with Crippen LogP contribution < -0.4 is 11.3 Å². The van der Waals surface area contributed by atoms with E-state index in [1.165, 1.54) is 0 Å². The minimum absolute atomic E-state index is 0.118. The van der Waals surface area contributed by atoms with Crippen molar-refractivity contribution in [3.63, 3.8) is 0 Å². The van der Waals surface area contributed by atoms with Crippen LogP contribution in [0.1, 0.15) is 50.5 Å². The highest BCUT2D eigenvalue weighted by Crippen LogP contribution is 2.14. The molecule has 4 nitrogen and oxygen atoms in total. The average molecular weight is 547 g/mol. The number of aromatic nitrogens is 1. The Morgan fingerprint density at radius 1 is 0.973 bits per heavy atom. The highest BCUT2D eigenvalue weighted by atomic mass is 32.1. The summed E-state index contributed by atoms with van der Waals surface area (Å²) in [5.41, 5.74) is 7.48. The fourth-order valence-electron chi connectivity index (χ4n) is 2.58. The summed E-state index contributed by atoms with van der Waals surface area (Å²) in [7, 11) is 0.500. The van der Waals surface area contributed by atoms with Gasteiger partial charge in [0.25, 0.3) is 5.56 Å². The molecule has 0 fully saturated rings. The highest BCUT2D eigenvalue weighted by molar-refractivity contribution is 7.84. The van der Waals surface area contributed by atoms with Gasteiger partial charge in [0.2, 0.25) is 5.91 Å². The molecule has 1 aromatic heterocycles. The molecule has 2 N–H and O–H groups in total. The minimum Gasteiger partial charge on any atom is -0.366 e. The van der Waals surface area contributed by atoms with Crippen molar-refractivity contribution in [3.05, 3.63) is 112 Å². The number of nitrogens with zero attached hydrogens (tertiary/aromatic N) is 1. The van der Waals surface area contributed by atoms with E-state index < -0.39 is 5.91 Å². The number of alkyl halides is 1. The van der Waals surface area contributed by atoms with Crippen molar-refractivity contribution in [1.29, 1.82) is 0 Å². The van der Waals surface area contributed by atoms with Gasteiger partial charge in [-0.2, -0.15) is 12.6 Å². The summed E-state index contributed by atoms with van der Waals surface area (Å²) in [6.07, 6.45) is 10.8. The first-order chi connectivity index (χ1) is 17.8. The van der Waals surface area contributed by atoms with Crippen LogP contribution in [0.25, 0.3) is 16.5 Å². The van der Waals surface area contributed by atoms with Crippen molar-refractivity contribution in [3.8, 4) is 5.69 Å². The maximum atomic E-state index is 12.5. The van der Waals surface area contributed by atoms with Crippen LogP contribution in [0.3, 0.4) is 0 Å². The van der Waals surface area contributed by atoms with E-state index in [0.717, 1.165) is 16.2 Å². The predicted molar refractivity (Wildman–Crippen MR) is 170 cm³/mol. The van der Waals surface area contributed by atoms with Gasteiger partial charge < -0.3 is 5.73 Å². The normalized spacial score (nSPS) is 9.43. The lowest BCUT2D eigenvalue weighted by atomic mass is 10.1. The zero-order chi connectivity index (χ0) is 29.4. The third-order valence-electron chi connectivity index (χ3n) is 4.09. The van der Waals surface area contributed by atoms with Gasteiger partial charge in [-0.1, -0.05) is 76.3 Å². The molecule has 1 amide bonds. The van der Waals surface area contributed by atoms with Crippen molar-refractivity contribution in [2.24, 2.45) is 5.73 Å². The number of hydrogen-bond donors (Lipinski definition) is 3. The second-order valence-corrected chi connectivity index (χ2v) is 7.13. The summed E-state index contributed by atoms with van der Waals surface area (Å²) >= 11 is 7.57. The number of primary amides is 1. The number of pyridine rings is 1. The van der Waals surface area contributed by atoms with Crippen LogP contribution in [-0.4, -0.2) is 23.9 Å². The van der Waals surface area contributed by atoms with Gasteiger partial charge in [0, 0.05) is 22.8 Å². The lowest BCUT2D eigenvalue weighted by molar-refractivity contribution is 0.100. The van der Waals surface area contributed by atoms with Crippen LogP contribution in [0.2, 0.25) is 0 Å². The van der Waals surface area contributed by atoms with E-state index in [-0.39, 0.29) is 5.56 Å². The molecule has 3 rings (SSSR count). The van der Waals surface area contributed by atoms with Crippen LogP contribution in [0.5, 0.6) is 0 Å². The van der Waals surface area contributed by atoms with Crippen molar-refractivity contribution < 1.29 is 9.18 Å². The number of thiol groups is 2. The monoisotopic (exact) mass is 546 g/mol. The van der Waals surface area contributed by atoms with Gasteiger partial charge in [0.15, 0.2) is 0 Å². The molecule has 3 aromatic rings. The molecule has 0 aliphatic heterocycles. The number of nitrogens with two attached hydrogens (primary N) is 1. The van der Waals surface area contributed by atoms with Crippen LogP contribution in [0, 0.1) is 6.92 Å². The maximum Gasteiger partial charge on any atom is 0.262 e. The highest BCUT2D eigenvalue weighted by Gasteiger charge is 2.07. The molecule has 1 heterocycles. The molecule has 0 radical (unpaired) electrons. The predicted octanol–water partition coefficient (Wildman–Crippen LogP) is 8.14. The first kappa shape index (κ1) is 38.5. The van der Waals surface area contributed by atoms with Gasteiger partial charge in [-0.15, -0.1) is 12.6 Å². The summed E-state index contributed by atoms with van der Waals surface area (Å²) in [5.74, 6) is -0.500. The van der Waals surface area contributed by atoms with Gasteiger partial charge in [-0.05, 0) is 66.8 Å². The summed E-state index contributed by atoms with van der Waals surface area (Å²) in [6.45, 7) is 15.4. The number of fused-ring (bicyclic) bond motifs is 1.